The summed E-state index contributed by atoms with van der Waals surface area (Å²) in [4.78, 5) is 23.0. The van der Waals surface area contributed by atoms with Crippen molar-refractivity contribution in [3.05, 3.63) is 144 Å². The molecule has 2 aliphatic rings. The molecule has 0 saturated carbocycles. The maximum Gasteiger partial charge on any atom is 0.187 e. The predicted octanol–water partition coefficient (Wildman–Crippen LogP) is 5.83. The zero-order valence-electron chi connectivity index (χ0n) is 19.8. The third kappa shape index (κ3) is 8.89. The second-order valence-corrected chi connectivity index (χ2v) is 7.96. The van der Waals surface area contributed by atoms with Crippen LogP contribution in [0.3, 0.4) is 0 Å². The Labute approximate surface area is 218 Å². The zero-order valence-corrected chi connectivity index (χ0v) is 20.8. The van der Waals surface area contributed by atoms with Crippen LogP contribution in [0.2, 0.25) is 0 Å². The molecule has 183 valence electrons. The molecule has 4 rings (SSSR count). The molecule has 2 aromatic rings. The van der Waals surface area contributed by atoms with E-state index in [9.17, 15) is 9.59 Å². The van der Waals surface area contributed by atoms with Gasteiger partial charge < -0.3 is 10.6 Å². The fraction of sp³-hybridized carbons (Fsp3) is 0.133. The van der Waals surface area contributed by atoms with E-state index in [2.05, 4.69) is 48.7 Å². The van der Waals surface area contributed by atoms with Crippen molar-refractivity contribution in [1.82, 2.24) is 10.6 Å². The second kappa shape index (κ2) is 14.6. The standard InChI is InChI=1S/2C15H15NO.Cu/c2*1-12(13-7-3-2-4-8-13)16-11-14-9-5-6-10-15(14)17;/h2*2-12,16H,1H3;/b14-11+;14-11-;. The average Bonchev–Trinajstić information content (AvgIpc) is 2.89. The van der Waals surface area contributed by atoms with E-state index in [4.69, 9.17) is 0 Å². The van der Waals surface area contributed by atoms with Gasteiger partial charge in [0.15, 0.2) is 11.6 Å². The van der Waals surface area contributed by atoms with Crippen LogP contribution in [0, 0.1) is 0 Å². The molecule has 4 nitrogen and oxygen atoms in total. The molecule has 0 fully saturated rings. The monoisotopic (exact) mass is 513 g/mol. The van der Waals surface area contributed by atoms with Crippen molar-refractivity contribution >= 4 is 11.6 Å². The van der Waals surface area contributed by atoms with Gasteiger partial charge in [0, 0.05) is 52.7 Å². The van der Waals surface area contributed by atoms with E-state index >= 15 is 0 Å². The summed E-state index contributed by atoms with van der Waals surface area (Å²) in [5, 5.41) is 6.46. The summed E-state index contributed by atoms with van der Waals surface area (Å²) in [6, 6.07) is 20.7. The van der Waals surface area contributed by atoms with Crippen LogP contribution in [0.15, 0.2) is 133 Å². The summed E-state index contributed by atoms with van der Waals surface area (Å²) >= 11 is 0. The third-order valence-corrected chi connectivity index (χ3v) is 5.41. The van der Waals surface area contributed by atoms with Crippen LogP contribution in [0.25, 0.3) is 0 Å². The van der Waals surface area contributed by atoms with Crippen LogP contribution in [-0.4, -0.2) is 11.6 Å². The number of ketones is 2. The number of nitrogens with one attached hydrogen (secondary N) is 2. The van der Waals surface area contributed by atoms with Crippen molar-refractivity contribution in [1.29, 1.82) is 0 Å². The smallest absolute Gasteiger partial charge is 0.187 e. The summed E-state index contributed by atoms with van der Waals surface area (Å²) in [5.41, 5.74) is 3.78. The molecule has 0 saturated heterocycles. The van der Waals surface area contributed by atoms with Gasteiger partial charge in [0.1, 0.15) is 0 Å². The molecule has 5 heteroatoms. The van der Waals surface area contributed by atoms with Crippen LogP contribution < -0.4 is 10.6 Å². The van der Waals surface area contributed by atoms with E-state index in [1.165, 1.54) is 11.1 Å². The number of hydrogen-bond donors (Lipinski definition) is 2. The molecule has 35 heavy (non-hydrogen) atoms. The Kier molecular flexibility index (Phi) is 11.5. The molecule has 0 heterocycles. The first-order chi connectivity index (χ1) is 16.5. The van der Waals surface area contributed by atoms with Crippen molar-refractivity contribution in [2.75, 3.05) is 0 Å². The largest absolute Gasteiger partial charge is 0.384 e. The molecule has 0 amide bonds. The maximum absolute atomic E-state index is 11.5. The minimum Gasteiger partial charge on any atom is -0.384 e. The summed E-state index contributed by atoms with van der Waals surface area (Å²) < 4.78 is 0. The van der Waals surface area contributed by atoms with Crippen LogP contribution in [0.5, 0.6) is 0 Å². The van der Waals surface area contributed by atoms with Crippen molar-refractivity contribution in [3.63, 3.8) is 0 Å². The van der Waals surface area contributed by atoms with Gasteiger partial charge in [0.25, 0.3) is 0 Å². The Morgan fingerprint density at radius 3 is 1.26 bits per heavy atom. The minimum atomic E-state index is 0. The SMILES string of the molecule is CC(N/C=C1/C=CC=CC1=O)c1ccccc1.CC(N/C=C1\C=CC=CC1=O)c1ccccc1.[Cu]. The van der Waals surface area contributed by atoms with Gasteiger partial charge in [-0.3, -0.25) is 9.59 Å². The quantitative estimate of drug-likeness (QED) is 0.377. The fourth-order valence-corrected chi connectivity index (χ4v) is 3.30. The normalized spacial score (nSPS) is 17.9. The Morgan fingerprint density at radius 1 is 0.571 bits per heavy atom. The van der Waals surface area contributed by atoms with Gasteiger partial charge in [-0.15, -0.1) is 0 Å². The Bertz CT molecular complexity index is 1070. The van der Waals surface area contributed by atoms with Gasteiger partial charge in [-0.05, 0) is 49.3 Å². The molecule has 0 spiro atoms. The van der Waals surface area contributed by atoms with Crippen LogP contribution in [-0.2, 0) is 26.7 Å². The van der Waals surface area contributed by atoms with Gasteiger partial charge in [0.2, 0.25) is 0 Å². The van der Waals surface area contributed by atoms with Crippen molar-refractivity contribution < 1.29 is 26.7 Å². The van der Waals surface area contributed by atoms with Gasteiger partial charge in [-0.25, -0.2) is 0 Å². The first-order valence-electron chi connectivity index (χ1n) is 11.3. The van der Waals surface area contributed by atoms with Crippen molar-refractivity contribution in [2.45, 2.75) is 25.9 Å². The van der Waals surface area contributed by atoms with Gasteiger partial charge >= 0.3 is 0 Å². The van der Waals surface area contributed by atoms with Gasteiger partial charge in [0.05, 0.1) is 0 Å². The molecule has 1 radical (unpaired) electrons. The van der Waals surface area contributed by atoms with Gasteiger partial charge in [-0.1, -0.05) is 85.0 Å². The number of hydrogen-bond acceptors (Lipinski definition) is 4. The molecular weight excluding hydrogens is 484 g/mol. The Hall–Kier alpha value is -3.66. The van der Waals surface area contributed by atoms with Crippen molar-refractivity contribution in [3.8, 4) is 0 Å². The van der Waals surface area contributed by atoms with E-state index in [0.717, 1.165) is 0 Å². The predicted molar refractivity (Wildman–Crippen MR) is 139 cm³/mol. The minimum absolute atomic E-state index is 0. The molecule has 2 aromatic carbocycles. The first-order valence-corrected chi connectivity index (χ1v) is 11.3. The molecule has 0 bridgehead atoms. The van der Waals surface area contributed by atoms with Crippen molar-refractivity contribution in [2.24, 2.45) is 0 Å². The zero-order chi connectivity index (χ0) is 24.2. The van der Waals surface area contributed by atoms with Gasteiger partial charge in [-0.2, -0.15) is 0 Å². The summed E-state index contributed by atoms with van der Waals surface area (Å²) in [6.45, 7) is 4.14. The molecule has 2 aliphatic carbocycles. The molecular formula is C30H30CuN2O2. The second-order valence-electron chi connectivity index (χ2n) is 7.96. The van der Waals surface area contributed by atoms with Crippen LogP contribution >= 0.6 is 0 Å². The molecule has 2 unspecified atom stereocenters. The topological polar surface area (TPSA) is 58.2 Å². The first kappa shape index (κ1) is 27.6. The van der Waals surface area contributed by atoms with Crippen LogP contribution in [0.1, 0.15) is 37.1 Å². The summed E-state index contributed by atoms with van der Waals surface area (Å²) in [5.74, 6) is 0.0838. The molecule has 0 aliphatic heterocycles. The Morgan fingerprint density at radius 2 is 0.914 bits per heavy atom. The Balaban J connectivity index is 0.000000240. The molecule has 0 aromatic heterocycles. The maximum atomic E-state index is 11.5. The fourth-order valence-electron chi connectivity index (χ4n) is 3.30. The van der Waals surface area contributed by atoms with E-state index < -0.39 is 0 Å². The van der Waals surface area contributed by atoms with Crippen LogP contribution in [0.4, 0.5) is 0 Å². The van der Waals surface area contributed by atoms with E-state index in [1.807, 2.05) is 60.7 Å². The third-order valence-electron chi connectivity index (χ3n) is 5.41. The summed E-state index contributed by atoms with van der Waals surface area (Å²) in [6.07, 6.45) is 17.5. The number of allylic oxidation sites excluding steroid dienone is 10. The van der Waals surface area contributed by atoms with E-state index in [0.29, 0.717) is 11.1 Å². The average molecular weight is 514 g/mol. The molecule has 2 atom stereocenters. The number of rotatable bonds is 6. The number of carbonyl (C=O) groups excluding carboxylic acids is 2. The molecule has 2 N–H and O–H groups in total. The number of benzene rings is 2. The van der Waals surface area contributed by atoms with E-state index in [-0.39, 0.29) is 40.7 Å². The van der Waals surface area contributed by atoms with E-state index in [1.54, 1.807) is 36.7 Å². The summed E-state index contributed by atoms with van der Waals surface area (Å²) in [7, 11) is 0. The number of carbonyl (C=O) groups is 2.